The lowest BCUT2D eigenvalue weighted by Gasteiger charge is -2.12. The lowest BCUT2D eigenvalue weighted by atomic mass is 10.1. The molecule has 0 aromatic heterocycles. The number of amides is 2. The number of aryl methyl sites for hydroxylation is 1. The standard InChI is InChI=1S/C20H25NO2S/c1-3-17-18(15(2)24)20(23)21(19(17)22)14-10-5-4-7-11-16-12-8-6-9-13-16/h3,6,8-9,12-13,24H,4-5,7,10-11,14H2,1-2H3/b17-3?,18-15+. The Bertz CT molecular complexity index is 657. The summed E-state index contributed by atoms with van der Waals surface area (Å²) in [7, 11) is 0. The summed E-state index contributed by atoms with van der Waals surface area (Å²) in [6.07, 6.45) is 6.89. The highest BCUT2D eigenvalue weighted by molar-refractivity contribution is 7.84. The highest BCUT2D eigenvalue weighted by Crippen LogP contribution is 2.29. The molecule has 0 N–H and O–H groups in total. The number of benzene rings is 1. The van der Waals surface area contributed by atoms with Crippen LogP contribution in [0.1, 0.15) is 45.1 Å². The minimum Gasteiger partial charge on any atom is -0.274 e. The molecule has 0 aliphatic carbocycles. The first-order chi connectivity index (χ1) is 11.6. The van der Waals surface area contributed by atoms with Crippen molar-refractivity contribution in [3.05, 3.63) is 58.0 Å². The predicted molar refractivity (Wildman–Crippen MR) is 101 cm³/mol. The summed E-state index contributed by atoms with van der Waals surface area (Å²) in [6, 6.07) is 10.4. The third-order valence-corrected chi connectivity index (χ3v) is 4.52. The Labute approximate surface area is 149 Å². The van der Waals surface area contributed by atoms with E-state index in [1.165, 1.54) is 10.5 Å². The van der Waals surface area contributed by atoms with Crippen molar-refractivity contribution in [2.45, 2.75) is 46.0 Å². The normalized spacial score (nSPS) is 18.6. The number of nitrogens with zero attached hydrogens (tertiary/aromatic N) is 1. The summed E-state index contributed by atoms with van der Waals surface area (Å²) < 4.78 is 0. The number of hydrogen-bond donors (Lipinski definition) is 1. The van der Waals surface area contributed by atoms with Crippen LogP contribution in [0.5, 0.6) is 0 Å². The Hall–Kier alpha value is -1.81. The SMILES string of the molecule is CC=C1C(=O)N(CCCCCCc2ccccc2)C(=O)/C1=C(\C)S. The van der Waals surface area contributed by atoms with Crippen molar-refractivity contribution < 1.29 is 9.59 Å². The fraction of sp³-hybridized carbons (Fsp3) is 0.400. The molecule has 1 heterocycles. The molecule has 1 aromatic carbocycles. The summed E-state index contributed by atoms with van der Waals surface area (Å²) in [5.74, 6) is -0.389. The number of thiol groups is 1. The predicted octanol–water partition coefficient (Wildman–Crippen LogP) is 4.31. The number of hydrogen-bond acceptors (Lipinski definition) is 3. The first kappa shape index (κ1) is 18.5. The van der Waals surface area contributed by atoms with E-state index in [2.05, 4.69) is 36.9 Å². The lowest BCUT2D eigenvalue weighted by molar-refractivity contribution is -0.136. The van der Waals surface area contributed by atoms with Gasteiger partial charge in [-0.2, -0.15) is 0 Å². The molecule has 1 saturated heterocycles. The van der Waals surface area contributed by atoms with Crippen LogP contribution in [0.25, 0.3) is 0 Å². The van der Waals surface area contributed by atoms with Crippen molar-refractivity contribution in [1.29, 1.82) is 0 Å². The molecule has 1 aliphatic heterocycles. The Kier molecular flexibility index (Phi) is 6.85. The van der Waals surface area contributed by atoms with Gasteiger partial charge < -0.3 is 0 Å². The first-order valence-corrected chi connectivity index (χ1v) is 8.97. The van der Waals surface area contributed by atoms with Crippen molar-refractivity contribution in [3.8, 4) is 0 Å². The average molecular weight is 343 g/mol. The number of likely N-dealkylation sites (tertiary alicyclic amines) is 1. The van der Waals surface area contributed by atoms with Crippen molar-refractivity contribution in [2.24, 2.45) is 0 Å². The van der Waals surface area contributed by atoms with E-state index in [0.717, 1.165) is 32.1 Å². The fourth-order valence-corrected chi connectivity index (χ4v) is 3.23. The second-order valence-corrected chi connectivity index (χ2v) is 6.75. The van der Waals surface area contributed by atoms with Gasteiger partial charge in [-0.1, -0.05) is 49.2 Å². The van der Waals surface area contributed by atoms with Gasteiger partial charge in [0, 0.05) is 12.1 Å². The Morgan fingerprint density at radius 2 is 1.71 bits per heavy atom. The second kappa shape index (κ2) is 8.88. The topological polar surface area (TPSA) is 37.4 Å². The van der Waals surface area contributed by atoms with E-state index >= 15 is 0 Å². The van der Waals surface area contributed by atoms with Crippen LogP contribution >= 0.6 is 12.6 Å². The van der Waals surface area contributed by atoms with Crippen molar-refractivity contribution in [3.63, 3.8) is 0 Å². The molecule has 128 valence electrons. The van der Waals surface area contributed by atoms with Crippen molar-refractivity contribution in [1.82, 2.24) is 4.90 Å². The molecule has 1 aromatic rings. The van der Waals surface area contributed by atoms with E-state index in [1.807, 2.05) is 6.07 Å². The minimum absolute atomic E-state index is 0.185. The largest absolute Gasteiger partial charge is 0.274 e. The number of imide groups is 1. The molecule has 24 heavy (non-hydrogen) atoms. The van der Waals surface area contributed by atoms with Crippen molar-refractivity contribution >= 4 is 24.4 Å². The summed E-state index contributed by atoms with van der Waals surface area (Å²) in [6.45, 7) is 4.02. The van der Waals surface area contributed by atoms with Gasteiger partial charge in [-0.15, -0.1) is 12.6 Å². The van der Waals surface area contributed by atoms with Gasteiger partial charge >= 0.3 is 0 Å². The van der Waals surface area contributed by atoms with Crippen LogP contribution in [0.4, 0.5) is 0 Å². The fourth-order valence-electron chi connectivity index (χ4n) is 3.01. The summed E-state index contributed by atoms with van der Waals surface area (Å²) in [5, 5.41) is 0. The van der Waals surface area contributed by atoms with Crippen LogP contribution in [0, 0.1) is 0 Å². The molecule has 0 unspecified atom stereocenters. The van der Waals surface area contributed by atoms with Crippen LogP contribution in [0.2, 0.25) is 0 Å². The van der Waals surface area contributed by atoms with E-state index in [0.29, 0.717) is 22.6 Å². The number of unbranched alkanes of at least 4 members (excludes halogenated alkanes) is 3. The van der Waals surface area contributed by atoms with Crippen LogP contribution in [0.15, 0.2) is 52.5 Å². The molecule has 3 nitrogen and oxygen atoms in total. The van der Waals surface area contributed by atoms with Crippen molar-refractivity contribution in [2.75, 3.05) is 6.54 Å². The first-order valence-electron chi connectivity index (χ1n) is 8.53. The van der Waals surface area contributed by atoms with Gasteiger partial charge in [-0.05, 0) is 43.6 Å². The maximum Gasteiger partial charge on any atom is 0.262 e. The van der Waals surface area contributed by atoms with Gasteiger partial charge in [0.05, 0.1) is 5.57 Å². The van der Waals surface area contributed by atoms with Gasteiger partial charge in [0.15, 0.2) is 0 Å². The molecular formula is C20H25NO2S. The van der Waals surface area contributed by atoms with Crippen LogP contribution in [-0.4, -0.2) is 23.3 Å². The molecule has 4 heteroatoms. The molecule has 2 rings (SSSR count). The minimum atomic E-state index is -0.204. The third-order valence-electron chi connectivity index (χ3n) is 4.29. The van der Waals surface area contributed by atoms with Gasteiger partial charge in [-0.3, -0.25) is 14.5 Å². The molecular weight excluding hydrogens is 318 g/mol. The quantitative estimate of drug-likeness (QED) is 0.347. The smallest absolute Gasteiger partial charge is 0.262 e. The summed E-state index contributed by atoms with van der Waals surface area (Å²) in [4.78, 5) is 26.7. The maximum atomic E-state index is 12.4. The zero-order valence-corrected chi connectivity index (χ0v) is 15.3. The van der Waals surface area contributed by atoms with E-state index in [1.54, 1.807) is 19.9 Å². The highest BCUT2D eigenvalue weighted by atomic mass is 32.1. The van der Waals surface area contributed by atoms with E-state index in [9.17, 15) is 9.59 Å². The second-order valence-electron chi connectivity index (χ2n) is 6.07. The maximum absolute atomic E-state index is 12.4. The number of carbonyl (C=O) groups is 2. The lowest BCUT2D eigenvalue weighted by Crippen LogP contribution is -2.30. The monoisotopic (exact) mass is 343 g/mol. The van der Waals surface area contributed by atoms with E-state index < -0.39 is 0 Å². The zero-order chi connectivity index (χ0) is 17.5. The Morgan fingerprint density at radius 1 is 1.04 bits per heavy atom. The molecule has 1 fully saturated rings. The van der Waals surface area contributed by atoms with Gasteiger partial charge in [0.25, 0.3) is 11.8 Å². The zero-order valence-electron chi connectivity index (χ0n) is 14.4. The van der Waals surface area contributed by atoms with E-state index in [4.69, 9.17) is 0 Å². The molecule has 0 radical (unpaired) electrons. The van der Waals surface area contributed by atoms with Crippen LogP contribution < -0.4 is 0 Å². The van der Waals surface area contributed by atoms with Gasteiger partial charge in [0.1, 0.15) is 0 Å². The van der Waals surface area contributed by atoms with E-state index in [-0.39, 0.29) is 11.8 Å². The number of carbonyl (C=O) groups excluding carboxylic acids is 2. The molecule has 2 amide bonds. The highest BCUT2D eigenvalue weighted by Gasteiger charge is 2.38. The van der Waals surface area contributed by atoms with Crippen LogP contribution in [0.3, 0.4) is 0 Å². The van der Waals surface area contributed by atoms with Gasteiger partial charge in [-0.25, -0.2) is 0 Å². The average Bonchev–Trinajstić information content (AvgIpc) is 2.82. The molecule has 0 atom stereocenters. The number of allylic oxidation sites excluding steroid dienone is 2. The third kappa shape index (κ3) is 4.38. The van der Waals surface area contributed by atoms with Gasteiger partial charge in [0.2, 0.25) is 0 Å². The Morgan fingerprint density at radius 3 is 2.29 bits per heavy atom. The summed E-state index contributed by atoms with van der Waals surface area (Å²) >= 11 is 4.26. The summed E-state index contributed by atoms with van der Waals surface area (Å²) in [5.41, 5.74) is 2.30. The number of rotatable bonds is 7. The molecule has 1 aliphatic rings. The Balaban J connectivity index is 1.77. The molecule has 0 spiro atoms. The van der Waals surface area contributed by atoms with Crippen LogP contribution in [-0.2, 0) is 16.0 Å². The molecule has 0 saturated carbocycles. The molecule has 0 bridgehead atoms.